The Kier molecular flexibility index (Phi) is 6.26. The molecule has 1 aliphatic rings. The lowest BCUT2D eigenvalue weighted by Crippen LogP contribution is -2.44. The number of nitrogens with zero attached hydrogens (tertiary/aromatic N) is 3. The number of rotatable bonds is 6. The van der Waals surface area contributed by atoms with Crippen LogP contribution in [0.4, 0.5) is 17.1 Å². The molecule has 7 nitrogen and oxygen atoms in total. The quantitative estimate of drug-likeness (QED) is 0.611. The molecule has 1 saturated heterocycles. The van der Waals surface area contributed by atoms with E-state index in [1.54, 1.807) is 12.1 Å². The van der Waals surface area contributed by atoms with Gasteiger partial charge in [0.2, 0.25) is 0 Å². The van der Waals surface area contributed by atoms with Crippen molar-refractivity contribution in [3.63, 3.8) is 0 Å². The summed E-state index contributed by atoms with van der Waals surface area (Å²) in [5, 5.41) is 14.4. The number of hydrogen-bond donors (Lipinski definition) is 1. The molecule has 148 valence electrons. The van der Waals surface area contributed by atoms with Crippen LogP contribution in [0.25, 0.3) is 0 Å². The Bertz CT molecular complexity index is 843. The van der Waals surface area contributed by atoms with Crippen molar-refractivity contribution < 1.29 is 9.72 Å². The second-order valence-corrected chi connectivity index (χ2v) is 7.15. The van der Waals surface area contributed by atoms with Gasteiger partial charge in [0.05, 0.1) is 4.92 Å². The zero-order chi connectivity index (χ0) is 20.1. The van der Waals surface area contributed by atoms with Crippen LogP contribution in [0, 0.1) is 10.1 Å². The number of anilines is 2. The van der Waals surface area contributed by atoms with Gasteiger partial charge in [0.1, 0.15) is 5.69 Å². The molecule has 0 aromatic heterocycles. The molecule has 7 heteroatoms. The van der Waals surface area contributed by atoms with E-state index in [2.05, 4.69) is 17.1 Å². The molecule has 28 heavy (non-hydrogen) atoms. The van der Waals surface area contributed by atoms with Gasteiger partial charge in [-0.15, -0.1) is 0 Å². The maximum atomic E-state index is 12.6. The van der Waals surface area contributed by atoms with E-state index in [1.165, 1.54) is 11.6 Å². The molecular formula is C21H26N4O3. The summed E-state index contributed by atoms with van der Waals surface area (Å²) in [7, 11) is 2.04. The molecular weight excluding hydrogens is 356 g/mol. The minimum Gasteiger partial charge on any atom is -0.363 e. The molecule has 0 saturated carbocycles. The zero-order valence-corrected chi connectivity index (χ0v) is 16.4. The predicted molar refractivity (Wildman–Crippen MR) is 111 cm³/mol. The number of likely N-dealkylation sites (N-methyl/N-ethyl adjacent to an activating group) is 1. The van der Waals surface area contributed by atoms with Gasteiger partial charge in [-0.2, -0.15) is 0 Å². The molecule has 0 unspecified atom stereocenters. The maximum absolute atomic E-state index is 12.6. The third-order valence-electron chi connectivity index (χ3n) is 5.03. The minimum absolute atomic E-state index is 0.0319. The number of hydrogen-bond acceptors (Lipinski definition) is 5. The zero-order valence-electron chi connectivity index (χ0n) is 16.4. The topological polar surface area (TPSA) is 78.7 Å². The fourth-order valence-electron chi connectivity index (χ4n) is 3.37. The van der Waals surface area contributed by atoms with Crippen LogP contribution in [0.5, 0.6) is 0 Å². The molecule has 0 atom stereocenters. The van der Waals surface area contributed by atoms with Gasteiger partial charge in [-0.25, -0.2) is 0 Å². The highest BCUT2D eigenvalue weighted by molar-refractivity contribution is 6.05. The molecule has 2 aromatic rings. The third kappa shape index (κ3) is 4.67. The van der Waals surface area contributed by atoms with Crippen molar-refractivity contribution in [2.45, 2.75) is 19.8 Å². The number of carbonyl (C=O) groups is 1. The van der Waals surface area contributed by atoms with Crippen molar-refractivity contribution in [2.24, 2.45) is 0 Å². The van der Waals surface area contributed by atoms with Crippen LogP contribution in [0.3, 0.4) is 0 Å². The lowest BCUT2D eigenvalue weighted by molar-refractivity contribution is -0.384. The fourth-order valence-corrected chi connectivity index (χ4v) is 3.37. The lowest BCUT2D eigenvalue weighted by atomic mass is 10.1. The molecule has 1 N–H and O–H groups in total. The first-order valence-corrected chi connectivity index (χ1v) is 9.60. The summed E-state index contributed by atoms with van der Waals surface area (Å²) in [5.41, 5.74) is 2.71. The van der Waals surface area contributed by atoms with Crippen molar-refractivity contribution in [3.8, 4) is 0 Å². The van der Waals surface area contributed by atoms with Gasteiger partial charge in [-0.05, 0) is 43.3 Å². The van der Waals surface area contributed by atoms with Crippen LogP contribution < -0.4 is 10.2 Å². The second-order valence-electron chi connectivity index (χ2n) is 7.15. The van der Waals surface area contributed by atoms with E-state index in [0.717, 1.165) is 39.0 Å². The van der Waals surface area contributed by atoms with Gasteiger partial charge in [-0.3, -0.25) is 14.9 Å². The van der Waals surface area contributed by atoms with Crippen molar-refractivity contribution >= 4 is 23.0 Å². The Morgan fingerprint density at radius 1 is 1.11 bits per heavy atom. The van der Waals surface area contributed by atoms with Gasteiger partial charge >= 0.3 is 0 Å². The minimum atomic E-state index is -0.413. The van der Waals surface area contributed by atoms with Gasteiger partial charge in [0.25, 0.3) is 11.6 Å². The van der Waals surface area contributed by atoms with Crippen molar-refractivity contribution in [3.05, 3.63) is 63.7 Å². The average molecular weight is 382 g/mol. The number of benzene rings is 2. The number of nitrogens with one attached hydrogen (secondary N) is 1. The first-order valence-electron chi connectivity index (χ1n) is 9.60. The van der Waals surface area contributed by atoms with Crippen molar-refractivity contribution in [1.29, 1.82) is 0 Å². The van der Waals surface area contributed by atoms with Crippen LogP contribution in [-0.4, -0.2) is 49.0 Å². The number of carbonyl (C=O) groups excluding carboxylic acids is 1. The van der Waals surface area contributed by atoms with Gasteiger partial charge in [-0.1, -0.05) is 25.5 Å². The number of nitro groups is 1. The highest BCUT2D eigenvalue weighted by atomic mass is 16.6. The van der Waals surface area contributed by atoms with E-state index in [1.807, 2.05) is 36.2 Å². The molecule has 0 spiro atoms. The summed E-state index contributed by atoms with van der Waals surface area (Å²) in [5.74, 6) is -0.351. The van der Waals surface area contributed by atoms with E-state index in [-0.39, 0.29) is 17.2 Å². The Morgan fingerprint density at radius 2 is 1.79 bits per heavy atom. The molecule has 1 aliphatic heterocycles. The van der Waals surface area contributed by atoms with Crippen molar-refractivity contribution in [2.75, 3.05) is 43.4 Å². The summed E-state index contributed by atoms with van der Waals surface area (Å²) < 4.78 is 0. The summed E-state index contributed by atoms with van der Waals surface area (Å²) in [6, 6.07) is 12.4. The summed E-state index contributed by atoms with van der Waals surface area (Å²) in [6.45, 7) is 5.29. The van der Waals surface area contributed by atoms with E-state index in [0.29, 0.717) is 11.4 Å². The molecule has 1 heterocycles. The molecule has 0 bridgehead atoms. The number of aryl methyl sites for hydroxylation is 1. The van der Waals surface area contributed by atoms with Gasteiger partial charge in [0, 0.05) is 43.5 Å². The highest BCUT2D eigenvalue weighted by Crippen LogP contribution is 2.30. The summed E-state index contributed by atoms with van der Waals surface area (Å²) >= 11 is 0. The van der Waals surface area contributed by atoms with Gasteiger partial charge < -0.3 is 15.1 Å². The normalized spacial score (nSPS) is 14.7. The van der Waals surface area contributed by atoms with Gasteiger partial charge in [0.15, 0.2) is 0 Å². The Balaban J connectivity index is 1.77. The molecule has 1 amide bonds. The Labute approximate surface area is 165 Å². The Morgan fingerprint density at radius 3 is 2.39 bits per heavy atom. The smallest absolute Gasteiger partial charge is 0.293 e. The maximum Gasteiger partial charge on any atom is 0.293 e. The lowest BCUT2D eigenvalue weighted by Gasteiger charge is -2.33. The molecule has 2 aromatic carbocycles. The molecule has 3 rings (SSSR count). The van der Waals surface area contributed by atoms with E-state index < -0.39 is 4.92 Å². The predicted octanol–water partition coefficient (Wildman–Crippen LogP) is 3.55. The largest absolute Gasteiger partial charge is 0.363 e. The van der Waals surface area contributed by atoms with Crippen LogP contribution in [0.2, 0.25) is 0 Å². The fraction of sp³-hybridized carbons (Fsp3) is 0.381. The number of nitro benzene ring substituents is 1. The monoisotopic (exact) mass is 382 g/mol. The summed E-state index contributed by atoms with van der Waals surface area (Å²) in [4.78, 5) is 28.0. The molecule has 0 radical (unpaired) electrons. The van der Waals surface area contributed by atoms with E-state index in [9.17, 15) is 14.9 Å². The highest BCUT2D eigenvalue weighted by Gasteiger charge is 2.24. The second kappa shape index (κ2) is 8.84. The van der Waals surface area contributed by atoms with Crippen LogP contribution in [0.15, 0.2) is 42.5 Å². The number of amides is 1. The molecule has 1 fully saturated rings. The Hall–Kier alpha value is -2.93. The van der Waals surface area contributed by atoms with Crippen molar-refractivity contribution in [1.82, 2.24) is 4.90 Å². The first kappa shape index (κ1) is 19.8. The summed E-state index contributed by atoms with van der Waals surface area (Å²) in [6.07, 6.45) is 2.06. The van der Waals surface area contributed by atoms with Crippen LogP contribution in [-0.2, 0) is 6.42 Å². The average Bonchev–Trinajstić information content (AvgIpc) is 2.70. The SMILES string of the molecule is CCCc1ccc(NC(=O)c2ccc(N3CCN(C)CC3)c([N+](=O)[O-])c2)cc1. The standard InChI is InChI=1S/C21H26N4O3/c1-3-4-16-5-8-18(9-6-16)22-21(26)17-7-10-19(20(15-17)25(27)28)24-13-11-23(2)12-14-24/h5-10,15H,3-4,11-14H2,1-2H3,(H,22,26). The van der Waals surface area contributed by atoms with Crippen LogP contribution in [0.1, 0.15) is 29.3 Å². The van der Waals surface area contributed by atoms with E-state index >= 15 is 0 Å². The first-order chi connectivity index (χ1) is 13.5. The van der Waals surface area contributed by atoms with E-state index in [4.69, 9.17) is 0 Å². The molecule has 0 aliphatic carbocycles. The third-order valence-corrected chi connectivity index (χ3v) is 5.03. The number of piperazine rings is 1. The van der Waals surface area contributed by atoms with Crippen LogP contribution >= 0.6 is 0 Å².